The maximum Gasteiger partial charge on any atom is 0.289 e. The molecule has 3 aliphatic rings. The molecule has 2 saturated carbocycles. The van der Waals surface area contributed by atoms with E-state index in [1.165, 1.54) is 23.1 Å². The number of rotatable bonds is 10. The number of benzene rings is 2. The lowest BCUT2D eigenvalue weighted by Crippen LogP contribution is -2.54. The van der Waals surface area contributed by atoms with Crippen LogP contribution in [0.1, 0.15) is 51.0 Å². The highest BCUT2D eigenvalue weighted by atomic mass is 35.5. The molecule has 2 aliphatic carbocycles. The molecular weight excluding hydrogens is 625 g/mol. The molecule has 1 aliphatic heterocycles. The van der Waals surface area contributed by atoms with Crippen molar-refractivity contribution < 1.29 is 27.6 Å². The van der Waals surface area contributed by atoms with Gasteiger partial charge >= 0.3 is 0 Å². The van der Waals surface area contributed by atoms with Crippen molar-refractivity contribution in [2.24, 2.45) is 0 Å². The third-order valence-electron chi connectivity index (χ3n) is 8.20. The Morgan fingerprint density at radius 2 is 1.64 bits per heavy atom. The number of nitrogens with zero attached hydrogens (tertiary/aromatic N) is 1. The molecule has 5 rings (SSSR count). The summed E-state index contributed by atoms with van der Waals surface area (Å²) in [6, 6.07) is 8.55. The Kier molecular flexibility index (Phi) is 8.64. The minimum atomic E-state index is -4.10. The molecule has 1 unspecified atom stereocenters. The van der Waals surface area contributed by atoms with Crippen molar-refractivity contribution in [3.8, 4) is 0 Å². The van der Waals surface area contributed by atoms with Gasteiger partial charge in [-0.3, -0.25) is 19.2 Å². The molecule has 224 valence electrons. The van der Waals surface area contributed by atoms with Gasteiger partial charge in [-0.05, 0) is 74.4 Å². The van der Waals surface area contributed by atoms with Gasteiger partial charge in [0.25, 0.3) is 5.91 Å². The lowest BCUT2D eigenvalue weighted by Gasteiger charge is -2.29. The van der Waals surface area contributed by atoms with Crippen LogP contribution in [0.5, 0.6) is 0 Å². The second kappa shape index (κ2) is 11.8. The molecule has 0 spiro atoms. The Morgan fingerprint density at radius 1 is 1.00 bits per heavy atom. The number of carbonyl (C=O) groups is 4. The average Bonchev–Trinajstić information content (AvgIpc) is 3.88. The van der Waals surface area contributed by atoms with E-state index in [1.54, 1.807) is 31.2 Å². The summed E-state index contributed by atoms with van der Waals surface area (Å²) in [5, 5.41) is 4.81. The number of nitrogens with one attached hydrogen (secondary N) is 2. The van der Waals surface area contributed by atoms with Gasteiger partial charge in [-0.25, -0.2) is 8.42 Å². The van der Waals surface area contributed by atoms with E-state index in [0.717, 1.165) is 18.4 Å². The average molecular weight is 655 g/mol. The first-order valence-corrected chi connectivity index (χ1v) is 16.5. The fraction of sp³-hybridized carbons (Fsp3) is 0.448. The Labute approximate surface area is 259 Å². The summed E-state index contributed by atoms with van der Waals surface area (Å²) >= 11 is 18.3. The maximum atomic E-state index is 14.1. The molecule has 1 heterocycles. The quantitative estimate of drug-likeness (QED) is 0.375. The first-order valence-electron chi connectivity index (χ1n) is 13.8. The zero-order valence-electron chi connectivity index (χ0n) is 22.7. The van der Waals surface area contributed by atoms with Crippen molar-refractivity contribution in [3.05, 3.63) is 63.1 Å². The number of halogens is 3. The first kappa shape index (κ1) is 30.8. The Morgan fingerprint density at radius 3 is 2.21 bits per heavy atom. The minimum Gasteiger partial charge on any atom is -0.347 e. The van der Waals surface area contributed by atoms with E-state index < -0.39 is 50.2 Å². The highest BCUT2D eigenvalue weighted by molar-refractivity contribution is 7.92. The molecule has 2 aromatic rings. The number of carbonyl (C=O) groups excluding carboxylic acids is 4. The van der Waals surface area contributed by atoms with Crippen LogP contribution in [0, 0.1) is 0 Å². The summed E-state index contributed by atoms with van der Waals surface area (Å²) in [5.41, 5.74) is -0.189. The van der Waals surface area contributed by atoms with Crippen LogP contribution in [-0.2, 0) is 34.4 Å². The second-order valence-electron chi connectivity index (χ2n) is 11.1. The topological polar surface area (TPSA) is 130 Å². The lowest BCUT2D eigenvalue weighted by molar-refractivity contribution is -0.143. The fourth-order valence-electron chi connectivity index (χ4n) is 5.44. The molecule has 1 saturated heterocycles. The maximum absolute atomic E-state index is 14.1. The number of likely N-dealkylation sites (tertiary alicyclic amines) is 1. The molecule has 3 amide bonds. The van der Waals surface area contributed by atoms with E-state index in [4.69, 9.17) is 34.8 Å². The molecule has 3 atom stereocenters. The van der Waals surface area contributed by atoms with Gasteiger partial charge in [0.2, 0.25) is 17.6 Å². The van der Waals surface area contributed by atoms with Gasteiger partial charge in [-0.2, -0.15) is 0 Å². The highest BCUT2D eigenvalue weighted by Gasteiger charge is 2.57. The van der Waals surface area contributed by atoms with Gasteiger partial charge in [-0.15, -0.1) is 0 Å². The van der Waals surface area contributed by atoms with Crippen molar-refractivity contribution in [2.45, 2.75) is 79.1 Å². The predicted molar refractivity (Wildman–Crippen MR) is 158 cm³/mol. The van der Waals surface area contributed by atoms with Crippen LogP contribution < -0.4 is 10.6 Å². The van der Waals surface area contributed by atoms with Crippen molar-refractivity contribution >= 4 is 68.1 Å². The number of hydrogen-bond acceptors (Lipinski definition) is 6. The molecule has 0 radical (unpaired) electrons. The van der Waals surface area contributed by atoms with Crippen LogP contribution in [0.25, 0.3) is 0 Å². The van der Waals surface area contributed by atoms with Crippen molar-refractivity contribution in [1.82, 2.24) is 15.5 Å². The first-order chi connectivity index (χ1) is 19.9. The van der Waals surface area contributed by atoms with Crippen LogP contribution in [-0.4, -0.2) is 66.7 Å². The largest absolute Gasteiger partial charge is 0.347 e. The summed E-state index contributed by atoms with van der Waals surface area (Å²) in [6.07, 6.45) is 2.56. The van der Waals surface area contributed by atoms with Gasteiger partial charge in [0.1, 0.15) is 6.04 Å². The molecule has 2 N–H and O–H groups in total. The van der Waals surface area contributed by atoms with Crippen molar-refractivity contribution in [1.29, 1.82) is 0 Å². The number of sulfone groups is 1. The molecule has 0 bridgehead atoms. The monoisotopic (exact) mass is 653 g/mol. The molecule has 3 fully saturated rings. The van der Waals surface area contributed by atoms with E-state index in [-0.39, 0.29) is 46.3 Å². The van der Waals surface area contributed by atoms with Crippen LogP contribution in [0.2, 0.25) is 15.1 Å². The van der Waals surface area contributed by atoms with Gasteiger partial charge < -0.3 is 15.5 Å². The van der Waals surface area contributed by atoms with Crippen molar-refractivity contribution in [3.63, 3.8) is 0 Å². The Bertz CT molecular complexity index is 1540. The summed E-state index contributed by atoms with van der Waals surface area (Å²) in [7, 11) is -4.10. The second-order valence-corrected chi connectivity index (χ2v) is 14.6. The summed E-state index contributed by atoms with van der Waals surface area (Å²) in [6.45, 7) is 1.40. The number of hydrogen-bond donors (Lipinski definition) is 2. The SMILES string of the molecule is CCC(NC(=O)[C@@H]1C[C@@H](S(=O)(=O)c2ccc(Cl)cc2Cl)CN1C(=O)C1(c2ccc(Cl)cc2)CC1)C(=O)C(=O)NC1CC1. The molecular formula is C29H30Cl3N3O6S. The summed E-state index contributed by atoms with van der Waals surface area (Å²) in [5.74, 6) is -2.64. The predicted octanol–water partition coefficient (Wildman–Crippen LogP) is 3.86. The van der Waals surface area contributed by atoms with Crippen LogP contribution in [0.3, 0.4) is 0 Å². The third-order valence-corrected chi connectivity index (χ3v) is 11.3. The van der Waals surface area contributed by atoms with Crippen molar-refractivity contribution in [2.75, 3.05) is 6.54 Å². The third kappa shape index (κ3) is 6.04. The standard InChI is InChI=1S/C29H30Cl3N3O6S/c1-2-22(25(36)27(38)33-19-8-9-19)34-26(37)23-14-20(42(40,41)24-10-7-18(31)13-21(24)32)15-35(23)28(39)29(11-12-29)16-3-5-17(30)6-4-16/h3-7,10,13,19-20,22-23H,2,8-9,11-12,14-15H2,1H3,(H,33,38)(H,34,37)/t20-,22?,23+/m1/s1. The van der Waals surface area contributed by atoms with Crippen LogP contribution in [0.4, 0.5) is 0 Å². The molecule has 13 heteroatoms. The smallest absolute Gasteiger partial charge is 0.289 e. The normalized spacial score (nSPS) is 21.9. The zero-order chi connectivity index (χ0) is 30.4. The van der Waals surface area contributed by atoms with Crippen LogP contribution in [0.15, 0.2) is 47.4 Å². The van der Waals surface area contributed by atoms with E-state index in [0.29, 0.717) is 17.9 Å². The van der Waals surface area contributed by atoms with E-state index >= 15 is 0 Å². The minimum absolute atomic E-state index is 0.0362. The summed E-state index contributed by atoms with van der Waals surface area (Å²) in [4.78, 5) is 54.2. The number of amides is 3. The fourth-order valence-corrected chi connectivity index (χ4v) is 8.04. The number of Topliss-reactive ketones (excluding diaryl/α,β-unsaturated/α-hetero) is 1. The summed E-state index contributed by atoms with van der Waals surface area (Å²) < 4.78 is 27.5. The van der Waals surface area contributed by atoms with E-state index in [1.807, 2.05) is 0 Å². The van der Waals surface area contributed by atoms with Crippen LogP contribution >= 0.6 is 34.8 Å². The number of ketones is 1. The molecule has 42 heavy (non-hydrogen) atoms. The Balaban J connectivity index is 1.44. The molecule has 0 aromatic heterocycles. The lowest BCUT2D eigenvalue weighted by atomic mass is 9.94. The molecule has 9 nitrogen and oxygen atoms in total. The highest BCUT2D eigenvalue weighted by Crippen LogP contribution is 2.51. The van der Waals surface area contributed by atoms with E-state index in [2.05, 4.69) is 10.6 Å². The molecule has 2 aromatic carbocycles. The van der Waals surface area contributed by atoms with E-state index in [9.17, 15) is 27.6 Å². The Hall–Kier alpha value is -2.66. The van der Waals surface area contributed by atoms with Gasteiger partial charge in [0, 0.05) is 22.6 Å². The zero-order valence-corrected chi connectivity index (χ0v) is 25.8. The van der Waals surface area contributed by atoms with Gasteiger partial charge in [0.05, 0.1) is 26.6 Å². The van der Waals surface area contributed by atoms with Gasteiger partial charge in [0.15, 0.2) is 9.84 Å². The van der Waals surface area contributed by atoms with Gasteiger partial charge in [-0.1, -0.05) is 53.9 Å².